The summed E-state index contributed by atoms with van der Waals surface area (Å²) in [6, 6.07) is 12.8. The number of benzene rings is 1. The Hall–Kier alpha value is -1.72. The molecule has 0 amide bonds. The first-order chi connectivity index (χ1) is 11.8. The van der Waals surface area contributed by atoms with Crippen LogP contribution in [0.15, 0.2) is 47.5 Å². The first kappa shape index (κ1) is 17.1. The van der Waals surface area contributed by atoms with Crippen LogP contribution < -0.4 is 10.2 Å². The molecule has 0 radical (unpaired) electrons. The lowest BCUT2D eigenvalue weighted by molar-refractivity contribution is 0.203. The van der Waals surface area contributed by atoms with Gasteiger partial charge in [-0.3, -0.25) is 0 Å². The Morgan fingerprint density at radius 2 is 1.92 bits per heavy atom. The Kier molecular flexibility index (Phi) is 5.99. The fourth-order valence-corrected chi connectivity index (χ4v) is 3.40. The fourth-order valence-electron chi connectivity index (χ4n) is 2.99. The van der Waals surface area contributed by atoms with Crippen molar-refractivity contribution in [3.8, 4) is 0 Å². The van der Waals surface area contributed by atoms with Gasteiger partial charge in [0.15, 0.2) is 0 Å². The molecule has 5 heteroatoms. The molecule has 4 nitrogen and oxygen atoms in total. The maximum atomic E-state index is 9.23. The average Bonchev–Trinajstić information content (AvgIpc) is 2.67. The number of aliphatic hydroxyl groups excluding tert-OH is 1. The van der Waals surface area contributed by atoms with E-state index in [9.17, 15) is 5.11 Å². The summed E-state index contributed by atoms with van der Waals surface area (Å²) in [5.41, 5.74) is 2.42. The van der Waals surface area contributed by atoms with Crippen LogP contribution in [-0.4, -0.2) is 36.0 Å². The Labute approximate surface area is 148 Å². The number of thioether (sulfide) groups is 1. The number of hydrogen-bond donors (Lipinski definition) is 2. The summed E-state index contributed by atoms with van der Waals surface area (Å²) < 4.78 is 0. The third kappa shape index (κ3) is 4.42. The topological polar surface area (TPSA) is 48.4 Å². The molecule has 1 saturated heterocycles. The number of rotatable bonds is 6. The first-order valence-electron chi connectivity index (χ1n) is 8.47. The Morgan fingerprint density at radius 3 is 2.50 bits per heavy atom. The predicted molar refractivity (Wildman–Crippen MR) is 102 cm³/mol. The minimum atomic E-state index is 0.312. The molecule has 0 unspecified atom stereocenters. The monoisotopic (exact) mass is 343 g/mol. The van der Waals surface area contributed by atoms with Gasteiger partial charge in [0.25, 0.3) is 0 Å². The van der Waals surface area contributed by atoms with Gasteiger partial charge in [-0.05, 0) is 54.8 Å². The number of anilines is 2. The van der Waals surface area contributed by atoms with Crippen LogP contribution in [0, 0.1) is 5.92 Å². The van der Waals surface area contributed by atoms with Crippen LogP contribution in [0.4, 0.5) is 11.5 Å². The van der Waals surface area contributed by atoms with Crippen molar-refractivity contribution < 1.29 is 5.11 Å². The predicted octanol–water partition coefficient (Wildman–Crippen LogP) is 3.62. The van der Waals surface area contributed by atoms with Gasteiger partial charge in [0.2, 0.25) is 0 Å². The quantitative estimate of drug-likeness (QED) is 0.785. The highest BCUT2D eigenvalue weighted by Crippen LogP contribution is 2.23. The maximum Gasteiger partial charge on any atom is 0.126 e. The van der Waals surface area contributed by atoms with E-state index in [1.165, 1.54) is 16.1 Å². The van der Waals surface area contributed by atoms with Crippen molar-refractivity contribution in [2.24, 2.45) is 5.92 Å². The summed E-state index contributed by atoms with van der Waals surface area (Å²) in [5.74, 6) is 1.37. The van der Waals surface area contributed by atoms with E-state index in [0.29, 0.717) is 12.5 Å². The molecule has 0 aliphatic carbocycles. The van der Waals surface area contributed by atoms with Gasteiger partial charge in [0.1, 0.15) is 5.82 Å². The van der Waals surface area contributed by atoms with Crippen molar-refractivity contribution in [3.63, 3.8) is 0 Å². The summed E-state index contributed by atoms with van der Waals surface area (Å²) in [4.78, 5) is 8.17. The molecule has 2 aromatic rings. The minimum absolute atomic E-state index is 0.312. The van der Waals surface area contributed by atoms with E-state index in [-0.39, 0.29) is 0 Å². The molecule has 1 fully saturated rings. The standard InChI is InChI=1S/C19H25N3OS/c1-24-18-5-2-15(3-6-18)12-20-19-7-4-17(13-21-19)22-10-8-16(14-23)9-11-22/h2-7,13,16,23H,8-12,14H2,1H3,(H,20,21). The first-order valence-corrected chi connectivity index (χ1v) is 9.69. The average molecular weight is 343 g/mol. The molecule has 0 atom stereocenters. The van der Waals surface area contributed by atoms with Gasteiger partial charge in [0, 0.05) is 31.1 Å². The summed E-state index contributed by atoms with van der Waals surface area (Å²) in [6.07, 6.45) is 6.15. The lowest BCUT2D eigenvalue weighted by atomic mass is 9.98. The van der Waals surface area contributed by atoms with E-state index < -0.39 is 0 Å². The van der Waals surface area contributed by atoms with Gasteiger partial charge in [-0.1, -0.05) is 12.1 Å². The van der Waals surface area contributed by atoms with Crippen LogP contribution in [0.5, 0.6) is 0 Å². The second kappa shape index (κ2) is 8.40. The number of aromatic nitrogens is 1. The fraction of sp³-hybridized carbons (Fsp3) is 0.421. The smallest absolute Gasteiger partial charge is 0.126 e. The lowest BCUT2D eigenvalue weighted by Gasteiger charge is -2.32. The van der Waals surface area contributed by atoms with Gasteiger partial charge in [0.05, 0.1) is 11.9 Å². The van der Waals surface area contributed by atoms with E-state index in [1.807, 2.05) is 12.3 Å². The Balaban J connectivity index is 1.52. The number of nitrogens with one attached hydrogen (secondary N) is 1. The third-order valence-electron chi connectivity index (χ3n) is 4.62. The van der Waals surface area contributed by atoms with Gasteiger partial charge >= 0.3 is 0 Å². The van der Waals surface area contributed by atoms with Crippen LogP contribution in [0.3, 0.4) is 0 Å². The van der Waals surface area contributed by atoms with Gasteiger partial charge < -0.3 is 15.3 Å². The Bertz CT molecular complexity index is 622. The van der Waals surface area contributed by atoms with Gasteiger partial charge in [-0.25, -0.2) is 4.98 Å². The molecule has 128 valence electrons. The van der Waals surface area contributed by atoms with Gasteiger partial charge in [-0.2, -0.15) is 0 Å². The highest BCUT2D eigenvalue weighted by atomic mass is 32.2. The van der Waals surface area contributed by atoms with Crippen LogP contribution in [-0.2, 0) is 6.54 Å². The zero-order valence-corrected chi connectivity index (χ0v) is 14.9. The third-order valence-corrected chi connectivity index (χ3v) is 5.36. The highest BCUT2D eigenvalue weighted by Gasteiger charge is 2.18. The normalized spacial score (nSPS) is 15.5. The lowest BCUT2D eigenvalue weighted by Crippen LogP contribution is -2.34. The van der Waals surface area contributed by atoms with E-state index in [1.54, 1.807) is 11.8 Å². The molecule has 2 N–H and O–H groups in total. The van der Waals surface area contributed by atoms with Crippen molar-refractivity contribution in [3.05, 3.63) is 48.2 Å². The number of pyridine rings is 1. The number of hydrogen-bond acceptors (Lipinski definition) is 5. The highest BCUT2D eigenvalue weighted by molar-refractivity contribution is 7.98. The molecule has 0 spiro atoms. The second-order valence-electron chi connectivity index (χ2n) is 6.22. The summed E-state index contributed by atoms with van der Waals surface area (Å²) >= 11 is 1.76. The van der Waals surface area contributed by atoms with Crippen molar-refractivity contribution in [1.29, 1.82) is 0 Å². The van der Waals surface area contributed by atoms with Crippen LogP contribution >= 0.6 is 11.8 Å². The van der Waals surface area contributed by atoms with Crippen molar-refractivity contribution >= 4 is 23.3 Å². The molecule has 1 aromatic heterocycles. The van der Waals surface area contributed by atoms with E-state index >= 15 is 0 Å². The zero-order valence-electron chi connectivity index (χ0n) is 14.1. The minimum Gasteiger partial charge on any atom is -0.396 e. The van der Waals surface area contributed by atoms with E-state index in [4.69, 9.17) is 0 Å². The molecule has 24 heavy (non-hydrogen) atoms. The molecule has 3 rings (SSSR count). The summed E-state index contributed by atoms with van der Waals surface area (Å²) in [6.45, 7) is 3.10. The molecule has 0 saturated carbocycles. The Morgan fingerprint density at radius 1 is 1.17 bits per heavy atom. The maximum absolute atomic E-state index is 9.23. The van der Waals surface area contributed by atoms with E-state index in [0.717, 1.165) is 38.3 Å². The van der Waals surface area contributed by atoms with E-state index in [2.05, 4.69) is 51.8 Å². The van der Waals surface area contributed by atoms with Gasteiger partial charge in [-0.15, -0.1) is 11.8 Å². The molecule has 1 aliphatic heterocycles. The summed E-state index contributed by atoms with van der Waals surface area (Å²) in [7, 11) is 0. The number of aliphatic hydroxyl groups is 1. The second-order valence-corrected chi connectivity index (χ2v) is 7.10. The largest absolute Gasteiger partial charge is 0.396 e. The number of piperidine rings is 1. The molecule has 1 aromatic carbocycles. The molecular formula is C19H25N3OS. The molecule has 2 heterocycles. The van der Waals surface area contributed by atoms with Crippen LogP contribution in [0.1, 0.15) is 18.4 Å². The molecule has 1 aliphatic rings. The number of nitrogens with zero attached hydrogens (tertiary/aromatic N) is 2. The SMILES string of the molecule is CSc1ccc(CNc2ccc(N3CCC(CO)CC3)cn2)cc1. The molecular weight excluding hydrogens is 318 g/mol. The summed E-state index contributed by atoms with van der Waals surface area (Å²) in [5, 5.41) is 12.6. The van der Waals surface area contributed by atoms with Crippen LogP contribution in [0.2, 0.25) is 0 Å². The van der Waals surface area contributed by atoms with Crippen molar-refractivity contribution in [2.45, 2.75) is 24.3 Å². The van der Waals surface area contributed by atoms with Crippen molar-refractivity contribution in [1.82, 2.24) is 4.98 Å². The zero-order chi connectivity index (χ0) is 16.8. The van der Waals surface area contributed by atoms with Crippen LogP contribution in [0.25, 0.3) is 0 Å². The molecule has 0 bridgehead atoms. The van der Waals surface area contributed by atoms with Crippen molar-refractivity contribution in [2.75, 3.05) is 36.2 Å².